The number of hydrogen-bond acceptors (Lipinski definition) is 7. The van der Waals surface area contributed by atoms with E-state index in [9.17, 15) is 18.0 Å². The zero-order valence-corrected chi connectivity index (χ0v) is 26.5. The van der Waals surface area contributed by atoms with E-state index in [-0.39, 0.29) is 29.1 Å². The highest BCUT2D eigenvalue weighted by Crippen LogP contribution is 2.34. The van der Waals surface area contributed by atoms with Gasteiger partial charge in [0.25, 0.3) is 10.0 Å². The number of carbonyl (C=O) groups is 2. The Morgan fingerprint density at radius 2 is 1.55 bits per heavy atom. The molecule has 0 spiro atoms. The summed E-state index contributed by atoms with van der Waals surface area (Å²) >= 11 is 0. The summed E-state index contributed by atoms with van der Waals surface area (Å²) in [6, 6.07) is 19.1. The second-order valence-corrected chi connectivity index (χ2v) is 12.5. The van der Waals surface area contributed by atoms with Crippen LogP contribution in [-0.4, -0.2) is 65.1 Å². The summed E-state index contributed by atoms with van der Waals surface area (Å²) in [5.74, 6) is 0.609. The molecule has 0 saturated heterocycles. The largest absolute Gasteiger partial charge is 0.497 e. The molecule has 10 nitrogen and oxygen atoms in total. The Morgan fingerprint density at radius 1 is 0.886 bits per heavy atom. The van der Waals surface area contributed by atoms with Gasteiger partial charge in [0.1, 0.15) is 18.3 Å². The third-order valence-corrected chi connectivity index (χ3v) is 9.65. The molecule has 0 bridgehead atoms. The lowest BCUT2D eigenvalue weighted by molar-refractivity contribution is -0.140. The minimum absolute atomic E-state index is 0.0234. The Balaban J connectivity index is 1.74. The highest BCUT2D eigenvalue weighted by Gasteiger charge is 2.35. The van der Waals surface area contributed by atoms with E-state index in [4.69, 9.17) is 14.2 Å². The minimum Gasteiger partial charge on any atom is -0.497 e. The number of nitrogens with zero attached hydrogens (tertiary/aromatic N) is 2. The molecule has 44 heavy (non-hydrogen) atoms. The van der Waals surface area contributed by atoms with Crippen LogP contribution in [0.2, 0.25) is 0 Å². The number of sulfonamides is 1. The second-order valence-electron chi connectivity index (χ2n) is 10.6. The van der Waals surface area contributed by atoms with Crippen LogP contribution in [0.4, 0.5) is 5.69 Å². The van der Waals surface area contributed by atoms with Crippen molar-refractivity contribution in [2.24, 2.45) is 0 Å². The molecule has 11 heteroatoms. The Kier molecular flexibility index (Phi) is 11.1. The van der Waals surface area contributed by atoms with Crippen molar-refractivity contribution in [3.05, 3.63) is 78.4 Å². The maximum atomic E-state index is 14.3. The lowest BCUT2D eigenvalue weighted by Crippen LogP contribution is -2.53. The van der Waals surface area contributed by atoms with E-state index >= 15 is 0 Å². The second kappa shape index (κ2) is 15.0. The first-order chi connectivity index (χ1) is 21.2. The van der Waals surface area contributed by atoms with Crippen LogP contribution in [-0.2, 0) is 26.2 Å². The topological polar surface area (TPSA) is 114 Å². The predicted molar refractivity (Wildman–Crippen MR) is 169 cm³/mol. The predicted octanol–water partition coefficient (Wildman–Crippen LogP) is 4.77. The van der Waals surface area contributed by atoms with Gasteiger partial charge < -0.3 is 24.4 Å². The number of ether oxygens (including phenoxy) is 3. The van der Waals surface area contributed by atoms with Gasteiger partial charge in [0.05, 0.1) is 31.9 Å². The molecule has 1 saturated carbocycles. The van der Waals surface area contributed by atoms with Gasteiger partial charge in [-0.15, -0.1) is 0 Å². The van der Waals surface area contributed by atoms with Crippen molar-refractivity contribution in [2.75, 3.05) is 32.2 Å². The van der Waals surface area contributed by atoms with Crippen LogP contribution in [0.3, 0.4) is 0 Å². The number of anilines is 1. The summed E-state index contributed by atoms with van der Waals surface area (Å²) < 4.78 is 45.3. The highest BCUT2D eigenvalue weighted by atomic mass is 32.2. The van der Waals surface area contributed by atoms with Crippen LogP contribution in [0.25, 0.3) is 0 Å². The first-order valence-corrected chi connectivity index (χ1v) is 16.2. The van der Waals surface area contributed by atoms with Gasteiger partial charge >= 0.3 is 0 Å². The average Bonchev–Trinajstić information content (AvgIpc) is 3.56. The molecule has 1 fully saturated rings. The van der Waals surface area contributed by atoms with Gasteiger partial charge in [-0.2, -0.15) is 0 Å². The van der Waals surface area contributed by atoms with Crippen LogP contribution in [0, 0.1) is 0 Å². The van der Waals surface area contributed by atoms with E-state index in [1.165, 1.54) is 37.3 Å². The molecule has 1 atom stereocenters. The number of amides is 2. The lowest BCUT2D eigenvalue weighted by atomic mass is 10.1. The third kappa shape index (κ3) is 7.63. The van der Waals surface area contributed by atoms with Crippen molar-refractivity contribution in [1.29, 1.82) is 0 Å². The van der Waals surface area contributed by atoms with Crippen molar-refractivity contribution < 1.29 is 32.2 Å². The molecule has 1 N–H and O–H groups in total. The van der Waals surface area contributed by atoms with E-state index in [1.807, 2.05) is 19.1 Å². The molecule has 0 radical (unpaired) electrons. The summed E-state index contributed by atoms with van der Waals surface area (Å²) in [7, 11) is 0.299. The van der Waals surface area contributed by atoms with E-state index in [2.05, 4.69) is 5.32 Å². The van der Waals surface area contributed by atoms with Crippen LogP contribution in [0.15, 0.2) is 77.7 Å². The SMILES string of the molecule is CC[C@@H](C(=O)NC1CCCC1)N(Cc1ccc(OC)cc1)C(=O)CN(c1ccc(OC)c(OC)c1)S(=O)(=O)c1ccccc1. The molecule has 0 heterocycles. The van der Waals surface area contributed by atoms with E-state index in [1.54, 1.807) is 49.6 Å². The first kappa shape index (κ1) is 32.7. The number of methoxy groups -OCH3 is 3. The van der Waals surface area contributed by atoms with Gasteiger partial charge in [-0.1, -0.05) is 50.1 Å². The molecular weight excluding hydrogens is 582 g/mol. The average molecular weight is 624 g/mol. The van der Waals surface area contributed by atoms with E-state index in [0.717, 1.165) is 35.6 Å². The van der Waals surface area contributed by atoms with Crippen molar-refractivity contribution in [3.8, 4) is 17.2 Å². The molecule has 1 aliphatic rings. The molecule has 0 unspecified atom stereocenters. The number of nitrogens with one attached hydrogen (secondary N) is 1. The highest BCUT2D eigenvalue weighted by molar-refractivity contribution is 7.92. The zero-order valence-electron chi connectivity index (χ0n) is 25.7. The molecule has 1 aliphatic carbocycles. The number of rotatable bonds is 14. The summed E-state index contributed by atoms with van der Waals surface area (Å²) in [6.07, 6.45) is 4.25. The fourth-order valence-corrected chi connectivity index (χ4v) is 6.87. The van der Waals surface area contributed by atoms with Crippen LogP contribution in [0.1, 0.15) is 44.6 Å². The summed E-state index contributed by atoms with van der Waals surface area (Å²) in [6.45, 7) is 1.40. The Labute approximate surface area is 260 Å². The van der Waals surface area contributed by atoms with Crippen LogP contribution >= 0.6 is 0 Å². The maximum Gasteiger partial charge on any atom is 0.264 e. The molecule has 236 valence electrons. The van der Waals surface area contributed by atoms with E-state index in [0.29, 0.717) is 23.7 Å². The van der Waals surface area contributed by atoms with E-state index < -0.39 is 28.5 Å². The summed E-state index contributed by atoms with van der Waals surface area (Å²) in [5, 5.41) is 3.12. The first-order valence-electron chi connectivity index (χ1n) is 14.7. The maximum absolute atomic E-state index is 14.3. The van der Waals surface area contributed by atoms with Gasteiger partial charge in [-0.05, 0) is 61.2 Å². The standard InChI is InChI=1S/C33H41N3O7S/c1-5-29(33(38)34-25-11-9-10-12-25)35(22-24-15-18-27(41-2)19-16-24)32(37)23-36(44(39,40)28-13-7-6-8-14-28)26-17-20-30(42-3)31(21-26)43-4/h6-8,13-21,25,29H,5,9-12,22-23H2,1-4H3,(H,34,38)/t29-/m0/s1. The van der Waals surface area contributed by atoms with Gasteiger partial charge in [-0.25, -0.2) is 8.42 Å². The quantitative estimate of drug-likeness (QED) is 0.275. The van der Waals surface area contributed by atoms with Crippen molar-refractivity contribution in [1.82, 2.24) is 10.2 Å². The number of carbonyl (C=O) groups excluding carboxylic acids is 2. The van der Waals surface area contributed by atoms with Crippen molar-refractivity contribution >= 4 is 27.5 Å². The monoisotopic (exact) mass is 623 g/mol. The number of benzene rings is 3. The Morgan fingerprint density at radius 3 is 2.14 bits per heavy atom. The fraction of sp³-hybridized carbons (Fsp3) is 0.394. The molecule has 3 aromatic rings. The summed E-state index contributed by atoms with van der Waals surface area (Å²) in [5.41, 5.74) is 0.988. The lowest BCUT2D eigenvalue weighted by Gasteiger charge is -2.34. The molecule has 3 aromatic carbocycles. The zero-order chi connectivity index (χ0) is 31.7. The molecule has 4 rings (SSSR count). The van der Waals surface area contributed by atoms with Gasteiger partial charge in [0, 0.05) is 18.7 Å². The number of hydrogen-bond donors (Lipinski definition) is 1. The van der Waals surface area contributed by atoms with Gasteiger partial charge in [0.2, 0.25) is 11.8 Å². The molecular formula is C33H41N3O7S. The van der Waals surface area contributed by atoms with Gasteiger partial charge in [-0.3, -0.25) is 13.9 Å². The normalized spacial score (nSPS) is 14.0. The van der Waals surface area contributed by atoms with Crippen LogP contribution in [0.5, 0.6) is 17.2 Å². The Bertz CT molecular complexity index is 1510. The Hall–Kier alpha value is -4.25. The van der Waals surface area contributed by atoms with Crippen molar-refractivity contribution in [2.45, 2.75) is 62.6 Å². The molecule has 2 amide bonds. The smallest absolute Gasteiger partial charge is 0.264 e. The van der Waals surface area contributed by atoms with Crippen LogP contribution < -0.4 is 23.8 Å². The van der Waals surface area contributed by atoms with Crippen molar-refractivity contribution in [3.63, 3.8) is 0 Å². The minimum atomic E-state index is -4.21. The fourth-order valence-electron chi connectivity index (χ4n) is 5.44. The third-order valence-electron chi connectivity index (χ3n) is 7.86. The molecule has 0 aliphatic heterocycles. The molecule has 0 aromatic heterocycles. The van der Waals surface area contributed by atoms with Gasteiger partial charge in [0.15, 0.2) is 11.5 Å². The summed E-state index contributed by atoms with van der Waals surface area (Å²) in [4.78, 5) is 29.4.